The van der Waals surface area contributed by atoms with Crippen LogP contribution < -0.4 is 5.73 Å². The zero-order valence-electron chi connectivity index (χ0n) is 8.45. The molecule has 0 spiro atoms. The van der Waals surface area contributed by atoms with Crippen molar-refractivity contribution in [2.24, 2.45) is 11.7 Å². The summed E-state index contributed by atoms with van der Waals surface area (Å²) in [4.78, 5) is 0. The lowest BCUT2D eigenvalue weighted by atomic mass is 9.97. The number of rotatable bonds is 1. The Kier molecular flexibility index (Phi) is 2.94. The van der Waals surface area contributed by atoms with Crippen molar-refractivity contribution in [3.05, 3.63) is 36.1 Å². The topological polar surface area (TPSA) is 35.2 Å². The fraction of sp³-hybridized carbons (Fsp3) is 0.455. The van der Waals surface area contributed by atoms with E-state index in [2.05, 4.69) is 19.1 Å². The van der Waals surface area contributed by atoms with Crippen molar-refractivity contribution in [1.29, 1.82) is 0 Å². The van der Waals surface area contributed by atoms with E-state index in [1.54, 1.807) is 7.11 Å². The highest BCUT2D eigenvalue weighted by atomic mass is 16.5. The molecule has 0 saturated heterocycles. The summed E-state index contributed by atoms with van der Waals surface area (Å²) >= 11 is 0. The van der Waals surface area contributed by atoms with E-state index < -0.39 is 0 Å². The van der Waals surface area contributed by atoms with E-state index in [4.69, 9.17) is 10.5 Å². The molecule has 0 heterocycles. The van der Waals surface area contributed by atoms with Crippen LogP contribution in [-0.2, 0) is 4.74 Å². The van der Waals surface area contributed by atoms with Crippen LogP contribution in [-0.4, -0.2) is 12.6 Å². The summed E-state index contributed by atoms with van der Waals surface area (Å²) in [5.74, 6) is 1.23. The molecule has 0 bridgehead atoms. The molecule has 0 amide bonds. The molecule has 0 aliphatic heterocycles. The third-order valence-electron chi connectivity index (χ3n) is 2.03. The molecule has 0 aromatic carbocycles. The van der Waals surface area contributed by atoms with Gasteiger partial charge in [0.15, 0.2) is 0 Å². The standard InChI is InChI=1S/C11H17NO/c1-9-4-6-11(2,12)7-5-10(8-9)13-3/h4-9H,12H2,1-3H3/b6-4-,7-5-,10-8+. The quantitative estimate of drug-likeness (QED) is 0.625. The lowest BCUT2D eigenvalue weighted by Gasteiger charge is -2.18. The average Bonchev–Trinajstić information content (AvgIpc) is 2.07. The molecule has 0 radical (unpaired) electrons. The van der Waals surface area contributed by atoms with Crippen LogP contribution in [0.3, 0.4) is 0 Å². The Balaban J connectivity index is 2.95. The van der Waals surface area contributed by atoms with Crippen molar-refractivity contribution in [2.75, 3.05) is 7.11 Å². The number of methoxy groups -OCH3 is 1. The van der Waals surface area contributed by atoms with Crippen LogP contribution in [0.15, 0.2) is 36.1 Å². The first-order valence-corrected chi connectivity index (χ1v) is 4.47. The van der Waals surface area contributed by atoms with Crippen LogP contribution >= 0.6 is 0 Å². The van der Waals surface area contributed by atoms with Gasteiger partial charge in [-0.15, -0.1) is 0 Å². The van der Waals surface area contributed by atoms with Gasteiger partial charge in [-0.2, -0.15) is 0 Å². The first kappa shape index (κ1) is 10.1. The maximum absolute atomic E-state index is 5.97. The zero-order chi connectivity index (χ0) is 9.90. The molecule has 2 N–H and O–H groups in total. The molecule has 0 fully saturated rings. The molecular weight excluding hydrogens is 162 g/mol. The first-order chi connectivity index (χ1) is 6.03. The fourth-order valence-electron chi connectivity index (χ4n) is 1.18. The minimum absolute atomic E-state index is 0.364. The molecule has 1 aliphatic carbocycles. The van der Waals surface area contributed by atoms with Crippen molar-refractivity contribution in [3.8, 4) is 0 Å². The highest BCUT2D eigenvalue weighted by Gasteiger charge is 2.12. The van der Waals surface area contributed by atoms with Crippen molar-refractivity contribution >= 4 is 0 Å². The summed E-state index contributed by atoms with van der Waals surface area (Å²) in [6.07, 6.45) is 10.0. The molecule has 1 aliphatic rings. The summed E-state index contributed by atoms with van der Waals surface area (Å²) < 4.78 is 5.18. The lowest BCUT2D eigenvalue weighted by Crippen LogP contribution is -2.31. The third kappa shape index (κ3) is 3.07. The molecule has 1 rings (SSSR count). The van der Waals surface area contributed by atoms with Crippen LogP contribution in [0.2, 0.25) is 0 Å². The maximum Gasteiger partial charge on any atom is 0.115 e. The smallest absolute Gasteiger partial charge is 0.115 e. The Labute approximate surface area is 79.8 Å². The lowest BCUT2D eigenvalue weighted by molar-refractivity contribution is 0.303. The molecule has 2 unspecified atom stereocenters. The van der Waals surface area contributed by atoms with Gasteiger partial charge < -0.3 is 10.5 Å². The molecule has 0 aromatic rings. The van der Waals surface area contributed by atoms with Gasteiger partial charge in [-0.05, 0) is 25.0 Å². The van der Waals surface area contributed by atoms with Crippen molar-refractivity contribution < 1.29 is 4.74 Å². The molecule has 13 heavy (non-hydrogen) atoms. The van der Waals surface area contributed by atoms with Crippen LogP contribution in [0.5, 0.6) is 0 Å². The monoisotopic (exact) mass is 179 g/mol. The highest BCUT2D eigenvalue weighted by Crippen LogP contribution is 2.15. The molecular formula is C11H17NO. The van der Waals surface area contributed by atoms with E-state index in [1.807, 2.05) is 25.2 Å². The number of ether oxygens (including phenoxy) is 1. The van der Waals surface area contributed by atoms with Crippen LogP contribution in [0.25, 0.3) is 0 Å². The van der Waals surface area contributed by atoms with Gasteiger partial charge in [0.1, 0.15) is 5.76 Å². The molecule has 72 valence electrons. The average molecular weight is 179 g/mol. The van der Waals surface area contributed by atoms with Crippen LogP contribution in [0.4, 0.5) is 0 Å². The SMILES string of the molecule is COC1=C/C(C)/C=C\C(C)(N)/C=C\1. The third-order valence-corrected chi connectivity index (χ3v) is 2.03. The van der Waals surface area contributed by atoms with Crippen molar-refractivity contribution in [2.45, 2.75) is 19.4 Å². The second kappa shape index (κ2) is 3.79. The Bertz CT molecular complexity index is 261. The first-order valence-electron chi connectivity index (χ1n) is 4.47. The van der Waals surface area contributed by atoms with Gasteiger partial charge in [0.25, 0.3) is 0 Å². The van der Waals surface area contributed by atoms with Gasteiger partial charge in [-0.25, -0.2) is 0 Å². The summed E-state index contributed by atoms with van der Waals surface area (Å²) in [6.45, 7) is 4.07. The van der Waals surface area contributed by atoms with Gasteiger partial charge in [0.2, 0.25) is 0 Å². The van der Waals surface area contributed by atoms with E-state index in [0.29, 0.717) is 5.92 Å². The Morgan fingerprint density at radius 1 is 1.46 bits per heavy atom. The number of allylic oxidation sites excluding steroid dienone is 3. The van der Waals surface area contributed by atoms with Crippen LogP contribution in [0.1, 0.15) is 13.8 Å². The second-order valence-corrected chi connectivity index (χ2v) is 3.69. The Morgan fingerprint density at radius 3 is 2.77 bits per heavy atom. The summed E-state index contributed by atoms with van der Waals surface area (Å²) in [5, 5.41) is 0. The van der Waals surface area contributed by atoms with E-state index in [9.17, 15) is 0 Å². The minimum Gasteiger partial charge on any atom is -0.497 e. The normalized spacial score (nSPS) is 42.5. The maximum atomic E-state index is 5.97. The molecule has 2 nitrogen and oxygen atoms in total. The van der Waals surface area contributed by atoms with Crippen LogP contribution in [0, 0.1) is 5.92 Å². The second-order valence-electron chi connectivity index (χ2n) is 3.69. The Hall–Kier alpha value is -1.02. The molecule has 2 atom stereocenters. The van der Waals surface area contributed by atoms with Crippen molar-refractivity contribution in [3.63, 3.8) is 0 Å². The fourth-order valence-corrected chi connectivity index (χ4v) is 1.18. The van der Waals surface area contributed by atoms with E-state index in [0.717, 1.165) is 5.76 Å². The van der Waals surface area contributed by atoms with Gasteiger partial charge >= 0.3 is 0 Å². The number of hydrogen-bond acceptors (Lipinski definition) is 2. The number of nitrogens with two attached hydrogens (primary N) is 1. The molecule has 2 heteroatoms. The summed E-state index contributed by atoms with van der Waals surface area (Å²) in [5.41, 5.74) is 5.60. The van der Waals surface area contributed by atoms with E-state index >= 15 is 0 Å². The van der Waals surface area contributed by atoms with Gasteiger partial charge in [0.05, 0.1) is 12.6 Å². The molecule has 0 saturated carbocycles. The van der Waals surface area contributed by atoms with E-state index in [1.165, 1.54) is 0 Å². The van der Waals surface area contributed by atoms with Gasteiger partial charge in [-0.1, -0.05) is 25.2 Å². The summed E-state index contributed by atoms with van der Waals surface area (Å²) in [7, 11) is 1.67. The molecule has 0 aromatic heterocycles. The summed E-state index contributed by atoms with van der Waals surface area (Å²) in [6, 6.07) is 0. The zero-order valence-corrected chi connectivity index (χ0v) is 8.45. The van der Waals surface area contributed by atoms with Gasteiger partial charge in [0, 0.05) is 0 Å². The van der Waals surface area contributed by atoms with E-state index in [-0.39, 0.29) is 5.54 Å². The van der Waals surface area contributed by atoms with Gasteiger partial charge in [-0.3, -0.25) is 0 Å². The predicted octanol–water partition coefficient (Wildman–Crippen LogP) is 2.00. The number of hydrogen-bond donors (Lipinski definition) is 1. The predicted molar refractivity (Wildman–Crippen MR) is 55.1 cm³/mol. The highest BCUT2D eigenvalue weighted by molar-refractivity contribution is 5.26. The Morgan fingerprint density at radius 2 is 2.15 bits per heavy atom. The largest absolute Gasteiger partial charge is 0.497 e. The van der Waals surface area contributed by atoms with Crippen molar-refractivity contribution in [1.82, 2.24) is 0 Å². The minimum atomic E-state index is -0.369.